The van der Waals surface area contributed by atoms with E-state index >= 15 is 0 Å². The Kier molecular flexibility index (Phi) is 8.41. The number of amides is 1. The van der Waals surface area contributed by atoms with E-state index in [2.05, 4.69) is 39.2 Å². The minimum atomic E-state index is -0.206. The van der Waals surface area contributed by atoms with Gasteiger partial charge in [0.25, 0.3) is 0 Å². The summed E-state index contributed by atoms with van der Waals surface area (Å²) < 4.78 is 1.85. The van der Waals surface area contributed by atoms with E-state index in [0.29, 0.717) is 16.7 Å². The summed E-state index contributed by atoms with van der Waals surface area (Å²) in [5.74, 6) is 0.0412. The summed E-state index contributed by atoms with van der Waals surface area (Å²) in [6.45, 7) is 9.72. The van der Waals surface area contributed by atoms with Gasteiger partial charge in [-0.1, -0.05) is 43.9 Å². The second-order valence-corrected chi connectivity index (χ2v) is 9.23. The molecule has 0 fully saturated rings. The molecular weight excluding hydrogens is 420 g/mol. The van der Waals surface area contributed by atoms with Crippen LogP contribution in [-0.4, -0.2) is 55.9 Å². The van der Waals surface area contributed by atoms with Crippen LogP contribution in [0.5, 0.6) is 0 Å². The molecule has 0 saturated carbocycles. The van der Waals surface area contributed by atoms with E-state index in [0.717, 1.165) is 68.0 Å². The summed E-state index contributed by atoms with van der Waals surface area (Å²) in [4.78, 5) is 31.8. The van der Waals surface area contributed by atoms with Gasteiger partial charge in [-0.15, -0.1) is 10.2 Å². The number of carbonyl (C=O) groups is 1. The van der Waals surface area contributed by atoms with Crippen molar-refractivity contribution in [3.05, 3.63) is 26.7 Å². The monoisotopic (exact) mass is 450 g/mol. The van der Waals surface area contributed by atoms with Crippen LogP contribution in [0.4, 0.5) is 5.13 Å². The Hall–Kier alpha value is -1.78. The Balaban J connectivity index is 1.71. The summed E-state index contributed by atoms with van der Waals surface area (Å²) in [6, 6.07) is 0. The van der Waals surface area contributed by atoms with Gasteiger partial charge in [0, 0.05) is 24.3 Å². The van der Waals surface area contributed by atoms with Crippen molar-refractivity contribution in [3.63, 3.8) is 0 Å². The zero-order valence-electron chi connectivity index (χ0n) is 17.9. The first-order chi connectivity index (χ1) is 14.5. The van der Waals surface area contributed by atoms with Crippen LogP contribution in [0.3, 0.4) is 0 Å². The summed E-state index contributed by atoms with van der Waals surface area (Å²) in [5.41, 5.74) is 2.04. The third-order valence-corrected chi connectivity index (χ3v) is 7.34. The molecule has 2 aromatic rings. The molecule has 0 spiro atoms. The number of aromatic nitrogens is 4. The number of aryl methyl sites for hydroxylation is 1. The molecule has 3 rings (SSSR count). The largest absolute Gasteiger partial charge is 0.348 e. The van der Waals surface area contributed by atoms with Crippen LogP contribution in [0.1, 0.15) is 49.9 Å². The number of nitrogens with zero attached hydrogens (tertiary/aromatic N) is 5. The fraction of sp³-hybridized carbons (Fsp3) is 0.650. The number of thioether (sulfide) groups is 1. The van der Waals surface area contributed by atoms with E-state index in [1.807, 2.05) is 11.5 Å². The van der Waals surface area contributed by atoms with Crippen LogP contribution >= 0.6 is 23.1 Å². The average molecular weight is 451 g/mol. The van der Waals surface area contributed by atoms with Crippen LogP contribution in [0, 0.1) is 0 Å². The van der Waals surface area contributed by atoms with Crippen LogP contribution in [0.2, 0.25) is 0 Å². The molecule has 1 aliphatic rings. The zero-order chi connectivity index (χ0) is 21.5. The van der Waals surface area contributed by atoms with Gasteiger partial charge >= 0.3 is 5.69 Å². The van der Waals surface area contributed by atoms with Gasteiger partial charge in [0.1, 0.15) is 10.0 Å². The zero-order valence-corrected chi connectivity index (χ0v) is 19.6. The first kappa shape index (κ1) is 22.9. The molecule has 164 valence electrons. The molecule has 1 amide bonds. The van der Waals surface area contributed by atoms with Gasteiger partial charge < -0.3 is 4.90 Å². The Morgan fingerprint density at radius 1 is 1.20 bits per heavy atom. The van der Waals surface area contributed by atoms with Crippen molar-refractivity contribution in [2.75, 3.05) is 30.7 Å². The molecule has 0 bridgehead atoms. The highest BCUT2D eigenvalue weighted by atomic mass is 32.2. The van der Waals surface area contributed by atoms with E-state index in [-0.39, 0.29) is 17.3 Å². The van der Waals surface area contributed by atoms with Crippen LogP contribution in [0.25, 0.3) is 0 Å². The maximum absolute atomic E-state index is 12.8. The maximum atomic E-state index is 12.8. The highest BCUT2D eigenvalue weighted by Gasteiger charge is 2.21. The normalized spacial score (nSPS) is 13.5. The molecule has 1 aliphatic carbocycles. The van der Waals surface area contributed by atoms with E-state index in [1.54, 1.807) is 0 Å². The second-order valence-electron chi connectivity index (χ2n) is 7.20. The standard InChI is InChI=1S/C20H30N6O2S2/c1-4-17-23-24-19(30-17)21-16(27)13-29-18-14-9-7-8-10-15(14)26(20(28)22-18)12-11-25(5-2)6-3/h4-13H2,1-3H3,(H,21,24,27). The number of anilines is 1. The van der Waals surface area contributed by atoms with Crippen molar-refractivity contribution in [1.29, 1.82) is 0 Å². The molecule has 30 heavy (non-hydrogen) atoms. The summed E-state index contributed by atoms with van der Waals surface area (Å²) in [6.07, 6.45) is 4.78. The molecule has 10 heteroatoms. The average Bonchev–Trinajstić information content (AvgIpc) is 3.21. The molecule has 0 aliphatic heterocycles. The molecule has 0 radical (unpaired) electrons. The number of likely N-dealkylation sites (N-methyl/N-ethyl adjacent to an activating group) is 1. The Morgan fingerprint density at radius 3 is 2.67 bits per heavy atom. The quantitative estimate of drug-likeness (QED) is 0.439. The van der Waals surface area contributed by atoms with E-state index in [1.165, 1.54) is 23.1 Å². The molecule has 0 unspecified atom stereocenters. The fourth-order valence-electron chi connectivity index (χ4n) is 3.62. The van der Waals surface area contributed by atoms with Gasteiger partial charge in [-0.05, 0) is 45.2 Å². The number of hydrogen-bond donors (Lipinski definition) is 1. The Labute approximate surface area is 185 Å². The molecule has 2 aromatic heterocycles. The van der Waals surface area contributed by atoms with E-state index in [4.69, 9.17) is 0 Å². The van der Waals surface area contributed by atoms with Crippen molar-refractivity contribution in [3.8, 4) is 0 Å². The number of hydrogen-bond acceptors (Lipinski definition) is 8. The molecule has 2 heterocycles. The summed E-state index contributed by atoms with van der Waals surface area (Å²) in [5, 5.41) is 12.9. The first-order valence-corrected chi connectivity index (χ1v) is 12.5. The molecule has 8 nitrogen and oxygen atoms in total. The number of fused-ring (bicyclic) bond motifs is 1. The van der Waals surface area contributed by atoms with E-state index in [9.17, 15) is 9.59 Å². The van der Waals surface area contributed by atoms with E-state index < -0.39 is 0 Å². The minimum Gasteiger partial charge on any atom is -0.302 e. The lowest BCUT2D eigenvalue weighted by Crippen LogP contribution is -2.35. The minimum absolute atomic E-state index is 0.157. The van der Waals surface area contributed by atoms with Gasteiger partial charge in [-0.25, -0.2) is 4.79 Å². The first-order valence-electron chi connectivity index (χ1n) is 10.7. The predicted molar refractivity (Wildman–Crippen MR) is 122 cm³/mol. The molecular formula is C20H30N6O2S2. The van der Waals surface area contributed by atoms with Crippen molar-refractivity contribution in [2.24, 2.45) is 0 Å². The SMILES string of the molecule is CCc1nnc(NC(=O)CSc2nc(=O)n(CCN(CC)CC)c3c2CCCC3)s1. The van der Waals surface area contributed by atoms with Gasteiger partial charge in [-0.3, -0.25) is 14.7 Å². The number of carbonyl (C=O) groups excluding carboxylic acids is 1. The highest BCUT2D eigenvalue weighted by molar-refractivity contribution is 8.00. The summed E-state index contributed by atoms with van der Waals surface area (Å²) >= 11 is 2.73. The van der Waals surface area contributed by atoms with Crippen molar-refractivity contribution < 1.29 is 4.79 Å². The maximum Gasteiger partial charge on any atom is 0.348 e. The van der Waals surface area contributed by atoms with Gasteiger partial charge in [-0.2, -0.15) is 4.98 Å². The smallest absolute Gasteiger partial charge is 0.302 e. The third kappa shape index (κ3) is 5.67. The van der Waals surface area contributed by atoms with Crippen molar-refractivity contribution in [1.82, 2.24) is 24.6 Å². The lowest BCUT2D eigenvalue weighted by molar-refractivity contribution is -0.113. The van der Waals surface area contributed by atoms with Crippen LogP contribution in [0.15, 0.2) is 9.82 Å². The number of rotatable bonds is 10. The molecule has 0 atom stereocenters. The Morgan fingerprint density at radius 2 is 1.97 bits per heavy atom. The highest BCUT2D eigenvalue weighted by Crippen LogP contribution is 2.28. The van der Waals surface area contributed by atoms with Crippen LogP contribution < -0.4 is 11.0 Å². The molecule has 0 aromatic carbocycles. The third-order valence-electron chi connectivity index (χ3n) is 5.34. The lowest BCUT2D eigenvalue weighted by Gasteiger charge is -2.24. The van der Waals surface area contributed by atoms with Gasteiger partial charge in [0.15, 0.2) is 0 Å². The van der Waals surface area contributed by atoms with Crippen LogP contribution in [-0.2, 0) is 30.6 Å². The Bertz CT molecular complexity index is 923. The fourth-order valence-corrected chi connectivity index (χ4v) is 5.19. The topological polar surface area (TPSA) is 93.0 Å². The molecule has 1 N–H and O–H groups in total. The lowest BCUT2D eigenvalue weighted by atomic mass is 9.97. The number of nitrogens with one attached hydrogen (secondary N) is 1. The van der Waals surface area contributed by atoms with Gasteiger partial charge in [0.2, 0.25) is 11.0 Å². The second kappa shape index (κ2) is 11.0. The molecule has 0 saturated heterocycles. The summed E-state index contributed by atoms with van der Waals surface area (Å²) in [7, 11) is 0. The van der Waals surface area contributed by atoms with Crippen molar-refractivity contribution in [2.45, 2.75) is 64.4 Å². The van der Waals surface area contributed by atoms with Gasteiger partial charge in [0.05, 0.1) is 5.75 Å². The predicted octanol–water partition coefficient (Wildman–Crippen LogP) is 2.61. The van der Waals surface area contributed by atoms with Crippen molar-refractivity contribution >= 4 is 34.1 Å².